The zero-order valence-corrected chi connectivity index (χ0v) is 24.9. The summed E-state index contributed by atoms with van der Waals surface area (Å²) in [5, 5.41) is 12.8. The van der Waals surface area contributed by atoms with E-state index in [1.807, 2.05) is 0 Å². The quantitative estimate of drug-likeness (QED) is 0.151. The fourth-order valence-corrected chi connectivity index (χ4v) is 5.52. The number of carbonyl (C=O) groups is 2. The van der Waals surface area contributed by atoms with Crippen molar-refractivity contribution in [1.82, 2.24) is 10.2 Å². The molecule has 1 fully saturated rings. The summed E-state index contributed by atoms with van der Waals surface area (Å²) in [4.78, 5) is 27.5. The van der Waals surface area contributed by atoms with E-state index in [1.165, 1.54) is 19.1 Å². The van der Waals surface area contributed by atoms with Crippen molar-refractivity contribution in [2.24, 2.45) is 0 Å². The Kier molecular flexibility index (Phi) is 9.67. The summed E-state index contributed by atoms with van der Waals surface area (Å²) in [5.41, 5.74) is -7.16. The van der Waals surface area contributed by atoms with Gasteiger partial charge < -0.3 is 24.6 Å². The molecule has 0 radical (unpaired) electrons. The number of fused-ring (bicyclic) bond motifs is 1. The lowest BCUT2D eigenvalue weighted by Crippen LogP contribution is -2.54. The van der Waals surface area contributed by atoms with Gasteiger partial charge in [-0.05, 0) is 68.0 Å². The highest BCUT2D eigenvalue weighted by Gasteiger charge is 2.71. The molecule has 1 atom stereocenters. The molecular formula is C31H34F6N2O6. The Hall–Kier alpha value is -3.94. The Morgan fingerprint density at radius 2 is 1.71 bits per heavy atom. The van der Waals surface area contributed by atoms with Crippen LogP contribution in [-0.4, -0.2) is 54.2 Å². The Morgan fingerprint density at radius 3 is 2.33 bits per heavy atom. The van der Waals surface area contributed by atoms with Gasteiger partial charge in [-0.2, -0.15) is 26.3 Å². The Morgan fingerprint density at radius 1 is 1.02 bits per heavy atom. The second kappa shape index (κ2) is 12.8. The number of unbranched alkanes of at least 4 members (excludes halogenated alkanes) is 1. The van der Waals surface area contributed by atoms with E-state index in [1.54, 1.807) is 32.0 Å². The molecular weight excluding hydrogens is 610 g/mol. The Labute approximate surface area is 255 Å². The van der Waals surface area contributed by atoms with Gasteiger partial charge in [0.2, 0.25) is 6.79 Å². The first-order valence-corrected chi connectivity index (χ1v) is 14.5. The van der Waals surface area contributed by atoms with E-state index in [0.717, 1.165) is 4.90 Å². The van der Waals surface area contributed by atoms with Gasteiger partial charge >= 0.3 is 18.4 Å². The van der Waals surface area contributed by atoms with E-state index >= 15 is 0 Å². The van der Waals surface area contributed by atoms with Gasteiger partial charge in [0, 0.05) is 17.7 Å². The van der Waals surface area contributed by atoms with Crippen molar-refractivity contribution in [2.75, 3.05) is 19.9 Å². The third kappa shape index (κ3) is 6.16. The monoisotopic (exact) mass is 644 g/mol. The van der Waals surface area contributed by atoms with Gasteiger partial charge in [-0.3, -0.25) is 9.69 Å². The number of nitrogens with one attached hydrogen (secondary N) is 1. The number of nitrogens with zero attached hydrogens (tertiary/aromatic N) is 1. The standard InChI is InChI=1S/C31H34F6N2O6/c1-4-9-19-15-22(29(42,30(32,33)34)31(35,36)37)16-20(10-5-2)25(19)43-14-8-7-13-39-26(40)28(6-3,38-27(39)41)21-11-12-23-24(17-21)45-18-44-23/h4,9,11-12,15-17,42H,5-8,10,13-14,18H2,1-3H3,(H,38,41). The smallest absolute Gasteiger partial charge is 0.430 e. The third-order valence-corrected chi connectivity index (χ3v) is 7.89. The van der Waals surface area contributed by atoms with Gasteiger partial charge in [-0.15, -0.1) is 0 Å². The van der Waals surface area contributed by atoms with E-state index in [-0.39, 0.29) is 49.7 Å². The molecule has 3 amide bonds. The lowest BCUT2D eigenvalue weighted by Gasteiger charge is -2.33. The molecule has 8 nitrogen and oxygen atoms in total. The first-order chi connectivity index (χ1) is 21.1. The maximum atomic E-state index is 13.6. The third-order valence-electron chi connectivity index (χ3n) is 7.89. The molecule has 246 valence electrons. The van der Waals surface area contributed by atoms with Crippen molar-refractivity contribution in [3.8, 4) is 17.2 Å². The number of ether oxygens (including phenoxy) is 3. The van der Waals surface area contributed by atoms with Crippen LogP contribution in [0.1, 0.15) is 68.7 Å². The predicted molar refractivity (Wildman–Crippen MR) is 151 cm³/mol. The molecule has 4 rings (SSSR count). The van der Waals surface area contributed by atoms with Crippen molar-refractivity contribution in [1.29, 1.82) is 0 Å². The topological polar surface area (TPSA) is 97.3 Å². The van der Waals surface area contributed by atoms with Crippen LogP contribution >= 0.6 is 0 Å². The molecule has 1 saturated heterocycles. The van der Waals surface area contributed by atoms with Crippen LogP contribution in [0.25, 0.3) is 6.08 Å². The second-order valence-corrected chi connectivity index (χ2v) is 10.8. The summed E-state index contributed by atoms with van der Waals surface area (Å²) >= 11 is 0. The number of urea groups is 1. The average molecular weight is 645 g/mol. The number of halogens is 6. The number of rotatable bonds is 12. The zero-order chi connectivity index (χ0) is 33.2. The number of aliphatic hydroxyl groups is 1. The summed E-state index contributed by atoms with van der Waals surface area (Å²) in [6.07, 6.45) is -7.97. The number of benzene rings is 2. The van der Waals surface area contributed by atoms with E-state index in [0.29, 0.717) is 48.5 Å². The van der Waals surface area contributed by atoms with Gasteiger partial charge in [-0.25, -0.2) is 4.79 Å². The average Bonchev–Trinajstić information content (AvgIpc) is 3.54. The molecule has 0 aromatic heterocycles. The molecule has 2 aromatic carbocycles. The molecule has 0 bridgehead atoms. The molecule has 1 unspecified atom stereocenters. The maximum Gasteiger partial charge on any atom is 0.430 e. The fourth-order valence-electron chi connectivity index (χ4n) is 5.52. The van der Waals surface area contributed by atoms with E-state index in [2.05, 4.69) is 5.32 Å². The van der Waals surface area contributed by atoms with Crippen LogP contribution in [0.15, 0.2) is 36.4 Å². The van der Waals surface area contributed by atoms with Gasteiger partial charge in [0.15, 0.2) is 11.5 Å². The number of amides is 3. The van der Waals surface area contributed by atoms with E-state index in [9.17, 15) is 41.0 Å². The Bertz CT molecular complexity index is 1440. The van der Waals surface area contributed by atoms with Gasteiger partial charge in [0.05, 0.1) is 6.61 Å². The van der Waals surface area contributed by atoms with Gasteiger partial charge in [0.1, 0.15) is 11.3 Å². The SMILES string of the molecule is CC=Cc1cc(C(O)(C(F)(F)F)C(F)(F)F)cc(CCC)c1OCCCCN1C(=O)NC(CC)(c2ccc3c(c2)OCO3)C1=O. The summed E-state index contributed by atoms with van der Waals surface area (Å²) in [6.45, 7) is 5.10. The summed E-state index contributed by atoms with van der Waals surface area (Å²) in [5.74, 6) is 0.651. The van der Waals surface area contributed by atoms with Crippen LogP contribution in [0.2, 0.25) is 0 Å². The van der Waals surface area contributed by atoms with Crippen molar-refractivity contribution in [3.05, 3.63) is 58.7 Å². The second-order valence-electron chi connectivity index (χ2n) is 10.8. The summed E-state index contributed by atoms with van der Waals surface area (Å²) in [6, 6.07) is 5.76. The molecule has 14 heteroatoms. The van der Waals surface area contributed by atoms with Crippen molar-refractivity contribution in [3.63, 3.8) is 0 Å². The lowest BCUT2D eigenvalue weighted by atomic mass is 9.87. The van der Waals surface area contributed by atoms with Crippen LogP contribution < -0.4 is 19.5 Å². The number of carbonyl (C=O) groups excluding carboxylic acids is 2. The fraction of sp³-hybridized carbons (Fsp3) is 0.484. The van der Waals surface area contributed by atoms with Crippen LogP contribution in [0.4, 0.5) is 31.1 Å². The highest BCUT2D eigenvalue weighted by Crippen LogP contribution is 2.51. The molecule has 2 aromatic rings. The van der Waals surface area contributed by atoms with Gasteiger partial charge in [-0.1, -0.05) is 38.5 Å². The lowest BCUT2D eigenvalue weighted by molar-refractivity contribution is -0.376. The molecule has 2 heterocycles. The van der Waals surface area contributed by atoms with E-state index in [4.69, 9.17) is 14.2 Å². The molecule has 0 saturated carbocycles. The van der Waals surface area contributed by atoms with Crippen LogP contribution in [-0.2, 0) is 22.4 Å². The largest absolute Gasteiger partial charge is 0.493 e. The molecule has 0 aliphatic carbocycles. The molecule has 2 aliphatic heterocycles. The van der Waals surface area contributed by atoms with Crippen molar-refractivity contribution < 1.29 is 55.2 Å². The molecule has 2 N–H and O–H groups in total. The predicted octanol–water partition coefficient (Wildman–Crippen LogP) is 6.73. The number of imide groups is 1. The molecule has 45 heavy (non-hydrogen) atoms. The normalized spacial score (nSPS) is 18.7. The Balaban J connectivity index is 1.48. The van der Waals surface area contributed by atoms with Crippen molar-refractivity contribution in [2.45, 2.75) is 76.4 Å². The van der Waals surface area contributed by atoms with Gasteiger partial charge in [0.25, 0.3) is 11.5 Å². The minimum Gasteiger partial charge on any atom is -0.493 e. The van der Waals surface area contributed by atoms with E-state index < -0.39 is 41.0 Å². The number of alkyl halides is 6. The van der Waals surface area contributed by atoms with Crippen LogP contribution in [0, 0.1) is 0 Å². The van der Waals surface area contributed by atoms with Crippen LogP contribution in [0.5, 0.6) is 17.2 Å². The first-order valence-electron chi connectivity index (χ1n) is 14.5. The number of aryl methyl sites for hydroxylation is 1. The summed E-state index contributed by atoms with van der Waals surface area (Å²) < 4.78 is 98.4. The minimum atomic E-state index is -6.03. The molecule has 0 spiro atoms. The minimum absolute atomic E-state index is 0.00580. The first kappa shape index (κ1) is 33.9. The van der Waals surface area contributed by atoms with Crippen LogP contribution in [0.3, 0.4) is 0 Å². The number of allylic oxidation sites excluding steroid dienone is 1. The highest BCUT2D eigenvalue weighted by atomic mass is 19.4. The molecule has 2 aliphatic rings. The number of hydrogen-bond acceptors (Lipinski definition) is 6. The number of hydrogen-bond donors (Lipinski definition) is 2. The summed E-state index contributed by atoms with van der Waals surface area (Å²) in [7, 11) is 0. The maximum absolute atomic E-state index is 13.6. The van der Waals surface area contributed by atoms with Crippen molar-refractivity contribution >= 4 is 18.0 Å². The zero-order valence-electron chi connectivity index (χ0n) is 24.9. The highest BCUT2D eigenvalue weighted by molar-refractivity contribution is 6.07.